The van der Waals surface area contributed by atoms with Crippen molar-refractivity contribution < 1.29 is 5.11 Å². The highest BCUT2D eigenvalue weighted by Gasteiger charge is 2.04. The number of aryl methyl sites for hydroxylation is 1. The van der Waals surface area contributed by atoms with Crippen molar-refractivity contribution in [3.63, 3.8) is 0 Å². The molecule has 0 spiro atoms. The molecule has 0 fully saturated rings. The SMILES string of the molecule is CCc1nsc(SCc2cc(C#CCO)cs2)n1. The minimum atomic E-state index is -0.0927. The highest BCUT2D eigenvalue weighted by molar-refractivity contribution is 8.00. The zero-order valence-corrected chi connectivity index (χ0v) is 12.3. The maximum Gasteiger partial charge on any atom is 0.170 e. The van der Waals surface area contributed by atoms with Crippen molar-refractivity contribution in [2.75, 3.05) is 6.61 Å². The van der Waals surface area contributed by atoms with Gasteiger partial charge in [-0.3, -0.25) is 0 Å². The number of aliphatic hydroxyl groups is 1. The summed E-state index contributed by atoms with van der Waals surface area (Å²) in [5.74, 6) is 7.36. The lowest BCUT2D eigenvalue weighted by atomic mass is 10.3. The molecule has 94 valence electrons. The summed E-state index contributed by atoms with van der Waals surface area (Å²) in [7, 11) is 0. The Hall–Kier alpha value is -0.870. The number of aliphatic hydroxyl groups excluding tert-OH is 1. The van der Waals surface area contributed by atoms with Gasteiger partial charge in [0.25, 0.3) is 0 Å². The van der Waals surface area contributed by atoms with Crippen LogP contribution >= 0.6 is 34.6 Å². The smallest absolute Gasteiger partial charge is 0.170 e. The predicted octanol–water partition coefficient (Wildman–Crippen LogP) is 2.80. The number of hydrogen-bond donors (Lipinski definition) is 1. The quantitative estimate of drug-likeness (QED) is 0.696. The molecule has 1 N–H and O–H groups in total. The molecule has 3 nitrogen and oxygen atoms in total. The van der Waals surface area contributed by atoms with Crippen LogP contribution in [0.3, 0.4) is 0 Å². The fraction of sp³-hybridized carbons (Fsp3) is 0.333. The Labute approximate surface area is 118 Å². The van der Waals surface area contributed by atoms with Gasteiger partial charge in [-0.05, 0) is 17.6 Å². The van der Waals surface area contributed by atoms with Crippen LogP contribution in [0.4, 0.5) is 0 Å². The summed E-state index contributed by atoms with van der Waals surface area (Å²) >= 11 is 4.85. The highest BCUT2D eigenvalue weighted by Crippen LogP contribution is 2.27. The molecule has 2 rings (SSSR count). The van der Waals surface area contributed by atoms with E-state index in [0.717, 1.165) is 27.9 Å². The van der Waals surface area contributed by atoms with Crippen LogP contribution in [0, 0.1) is 11.8 Å². The van der Waals surface area contributed by atoms with Gasteiger partial charge in [-0.25, -0.2) is 4.98 Å². The Kier molecular flexibility index (Phi) is 5.20. The van der Waals surface area contributed by atoms with Gasteiger partial charge in [0.05, 0.1) is 0 Å². The van der Waals surface area contributed by atoms with Crippen LogP contribution in [0.2, 0.25) is 0 Å². The Bertz CT molecular complexity index is 565. The molecule has 0 aliphatic rings. The van der Waals surface area contributed by atoms with Crippen molar-refractivity contribution >= 4 is 34.6 Å². The number of rotatable bonds is 4. The van der Waals surface area contributed by atoms with E-state index < -0.39 is 0 Å². The number of aromatic nitrogens is 2. The summed E-state index contributed by atoms with van der Waals surface area (Å²) in [5, 5.41) is 10.6. The molecular formula is C12H12N2OS3. The van der Waals surface area contributed by atoms with Crippen LogP contribution in [0.5, 0.6) is 0 Å². The Morgan fingerprint density at radius 3 is 3.11 bits per heavy atom. The van der Waals surface area contributed by atoms with Gasteiger partial charge in [-0.15, -0.1) is 11.3 Å². The van der Waals surface area contributed by atoms with E-state index in [2.05, 4.69) is 34.2 Å². The first-order valence-electron chi connectivity index (χ1n) is 5.44. The summed E-state index contributed by atoms with van der Waals surface area (Å²) in [5.41, 5.74) is 0.969. The zero-order valence-electron chi connectivity index (χ0n) is 9.84. The predicted molar refractivity (Wildman–Crippen MR) is 77.1 cm³/mol. The van der Waals surface area contributed by atoms with Gasteiger partial charge in [0, 0.05) is 28.0 Å². The third-order valence-corrected chi connectivity index (χ3v) is 5.11. The van der Waals surface area contributed by atoms with Crippen molar-refractivity contribution in [2.24, 2.45) is 0 Å². The van der Waals surface area contributed by atoms with E-state index in [4.69, 9.17) is 5.11 Å². The van der Waals surface area contributed by atoms with Crippen molar-refractivity contribution in [1.29, 1.82) is 0 Å². The third-order valence-electron chi connectivity index (χ3n) is 2.07. The van der Waals surface area contributed by atoms with Crippen LogP contribution < -0.4 is 0 Å². The second-order valence-electron chi connectivity index (χ2n) is 3.38. The average molecular weight is 296 g/mol. The van der Waals surface area contributed by atoms with Gasteiger partial charge in [0.1, 0.15) is 12.4 Å². The molecule has 0 radical (unpaired) electrons. The maximum absolute atomic E-state index is 8.62. The van der Waals surface area contributed by atoms with Crippen molar-refractivity contribution in [1.82, 2.24) is 9.36 Å². The summed E-state index contributed by atoms with van der Waals surface area (Å²) < 4.78 is 5.27. The van der Waals surface area contributed by atoms with Gasteiger partial charge in [-0.2, -0.15) is 4.37 Å². The normalized spacial score (nSPS) is 10.1. The second kappa shape index (κ2) is 6.90. The first kappa shape index (κ1) is 13.6. The first-order chi connectivity index (χ1) is 8.81. The lowest BCUT2D eigenvalue weighted by Crippen LogP contribution is -1.81. The fourth-order valence-corrected chi connectivity index (χ4v) is 3.80. The van der Waals surface area contributed by atoms with Crippen LogP contribution in [0.15, 0.2) is 15.8 Å². The molecule has 0 atom stereocenters. The van der Waals surface area contributed by atoms with Crippen LogP contribution in [0.25, 0.3) is 0 Å². The van der Waals surface area contributed by atoms with Crippen LogP contribution in [0.1, 0.15) is 23.2 Å². The molecule has 0 saturated carbocycles. The number of nitrogens with zero attached hydrogens (tertiary/aromatic N) is 2. The monoisotopic (exact) mass is 296 g/mol. The first-order valence-corrected chi connectivity index (χ1v) is 8.08. The van der Waals surface area contributed by atoms with E-state index in [9.17, 15) is 0 Å². The Morgan fingerprint density at radius 1 is 1.50 bits per heavy atom. The van der Waals surface area contributed by atoms with E-state index >= 15 is 0 Å². The molecule has 18 heavy (non-hydrogen) atoms. The van der Waals surface area contributed by atoms with E-state index in [-0.39, 0.29) is 6.61 Å². The Balaban J connectivity index is 1.91. The standard InChI is InChI=1S/C12H12N2OS3/c1-2-11-13-12(18-14-11)17-8-10-6-9(7-16-10)4-3-5-15/h6-7,15H,2,5,8H2,1H3. The second-order valence-corrected chi connectivity index (χ2v) is 6.35. The minimum absolute atomic E-state index is 0.0927. The van der Waals surface area contributed by atoms with E-state index in [1.807, 2.05) is 5.38 Å². The molecule has 0 aliphatic heterocycles. The van der Waals surface area contributed by atoms with Gasteiger partial charge in [0.2, 0.25) is 0 Å². The van der Waals surface area contributed by atoms with Gasteiger partial charge in [0.15, 0.2) is 4.34 Å². The molecule has 0 unspecified atom stereocenters. The number of thioether (sulfide) groups is 1. The van der Waals surface area contributed by atoms with Crippen LogP contribution in [-0.2, 0) is 12.2 Å². The summed E-state index contributed by atoms with van der Waals surface area (Å²) in [6.07, 6.45) is 0.886. The summed E-state index contributed by atoms with van der Waals surface area (Å²) in [4.78, 5) is 5.67. The molecule has 0 saturated heterocycles. The number of thiophene rings is 1. The minimum Gasteiger partial charge on any atom is -0.384 e. The lowest BCUT2D eigenvalue weighted by Gasteiger charge is -1.92. The fourth-order valence-electron chi connectivity index (χ4n) is 1.24. The highest BCUT2D eigenvalue weighted by atomic mass is 32.2. The molecule has 0 aromatic carbocycles. The number of hydrogen-bond acceptors (Lipinski definition) is 6. The van der Waals surface area contributed by atoms with E-state index in [1.165, 1.54) is 16.4 Å². The molecule has 2 aromatic rings. The third kappa shape index (κ3) is 3.82. The average Bonchev–Trinajstić information content (AvgIpc) is 3.03. The molecule has 0 aliphatic carbocycles. The van der Waals surface area contributed by atoms with Gasteiger partial charge in [-0.1, -0.05) is 30.5 Å². The summed E-state index contributed by atoms with van der Waals surface area (Å²) in [6, 6.07) is 2.06. The Morgan fingerprint density at radius 2 is 2.39 bits per heavy atom. The molecule has 0 bridgehead atoms. The molecular weight excluding hydrogens is 284 g/mol. The molecule has 0 amide bonds. The van der Waals surface area contributed by atoms with Gasteiger partial charge < -0.3 is 5.11 Å². The van der Waals surface area contributed by atoms with Crippen molar-refractivity contribution in [3.05, 3.63) is 27.7 Å². The van der Waals surface area contributed by atoms with Crippen LogP contribution in [-0.4, -0.2) is 21.1 Å². The topological polar surface area (TPSA) is 46.0 Å². The van der Waals surface area contributed by atoms with Crippen molar-refractivity contribution in [3.8, 4) is 11.8 Å². The van der Waals surface area contributed by atoms with E-state index in [1.54, 1.807) is 23.1 Å². The molecule has 6 heteroatoms. The van der Waals surface area contributed by atoms with Gasteiger partial charge >= 0.3 is 0 Å². The summed E-state index contributed by atoms with van der Waals surface area (Å²) in [6.45, 7) is 1.96. The van der Waals surface area contributed by atoms with Crippen molar-refractivity contribution in [2.45, 2.75) is 23.4 Å². The molecule has 2 aromatic heterocycles. The van der Waals surface area contributed by atoms with E-state index in [0.29, 0.717) is 0 Å². The molecule has 2 heterocycles. The largest absolute Gasteiger partial charge is 0.384 e. The lowest BCUT2D eigenvalue weighted by molar-refractivity contribution is 0.350. The zero-order chi connectivity index (χ0) is 12.8. The maximum atomic E-state index is 8.62.